The van der Waals surface area contributed by atoms with Crippen LogP contribution in [0, 0.1) is 0 Å². The Labute approximate surface area is 115 Å². The number of nitrogens with zero attached hydrogens (tertiary/aromatic N) is 1. The minimum absolute atomic E-state index is 0.266. The van der Waals surface area contributed by atoms with Crippen molar-refractivity contribution in [3.05, 3.63) is 21.9 Å². The van der Waals surface area contributed by atoms with Crippen molar-refractivity contribution < 1.29 is 14.3 Å². The number of hydrogen-bond donors (Lipinski definition) is 1. The molecule has 0 saturated heterocycles. The molecule has 0 aliphatic rings. The van der Waals surface area contributed by atoms with Crippen molar-refractivity contribution in [2.75, 3.05) is 7.11 Å². The van der Waals surface area contributed by atoms with Crippen LogP contribution in [0.3, 0.4) is 0 Å². The Balaban J connectivity index is 2.75. The zero-order valence-corrected chi connectivity index (χ0v) is 11.6. The van der Waals surface area contributed by atoms with Crippen molar-refractivity contribution in [1.82, 2.24) is 4.98 Å². The van der Waals surface area contributed by atoms with Gasteiger partial charge in [0.25, 0.3) is 0 Å². The zero-order chi connectivity index (χ0) is 13.7. The lowest BCUT2D eigenvalue weighted by molar-refractivity contribution is 0.111. The molecule has 0 aromatic carbocycles. The van der Waals surface area contributed by atoms with E-state index in [1.54, 1.807) is 13.0 Å². The summed E-state index contributed by atoms with van der Waals surface area (Å²) in [5.74, 6) is 0.561. The molecule has 5 nitrogen and oxygen atoms in total. The molecule has 0 fully saturated rings. The smallest absolute Gasteiger partial charge is 0.404 e. The highest BCUT2D eigenvalue weighted by molar-refractivity contribution is 6.33. The van der Waals surface area contributed by atoms with Crippen molar-refractivity contribution >= 4 is 29.3 Å². The molecule has 0 radical (unpaired) electrons. The summed E-state index contributed by atoms with van der Waals surface area (Å²) in [4.78, 5) is 14.5. The number of carbonyl (C=O) groups is 1. The van der Waals surface area contributed by atoms with Crippen LogP contribution in [-0.2, 0) is 11.2 Å². The van der Waals surface area contributed by atoms with Crippen LogP contribution in [0.15, 0.2) is 6.07 Å². The van der Waals surface area contributed by atoms with E-state index in [0.717, 1.165) is 5.56 Å². The lowest BCUT2D eigenvalue weighted by atomic mass is 10.1. The Kier molecular flexibility index (Phi) is 5.50. The highest BCUT2D eigenvalue weighted by atomic mass is 35.5. The largest absolute Gasteiger partial charge is 0.496 e. The summed E-state index contributed by atoms with van der Waals surface area (Å²) in [6.07, 6.45) is -0.00286. The average Bonchev–Trinajstić information content (AvgIpc) is 2.25. The zero-order valence-electron chi connectivity index (χ0n) is 10.1. The van der Waals surface area contributed by atoms with E-state index in [2.05, 4.69) is 4.98 Å². The fourth-order valence-corrected chi connectivity index (χ4v) is 2.01. The van der Waals surface area contributed by atoms with Crippen molar-refractivity contribution in [1.29, 1.82) is 0 Å². The number of primary amides is 1. The Morgan fingerprint density at radius 3 is 2.78 bits per heavy atom. The second-order valence-corrected chi connectivity index (χ2v) is 4.45. The second kappa shape index (κ2) is 6.66. The summed E-state index contributed by atoms with van der Waals surface area (Å²) >= 11 is 11.8. The van der Waals surface area contributed by atoms with Crippen LogP contribution in [0.5, 0.6) is 5.75 Å². The summed E-state index contributed by atoms with van der Waals surface area (Å²) in [7, 11) is 1.52. The molecule has 1 heterocycles. The van der Waals surface area contributed by atoms with Crippen LogP contribution in [0.25, 0.3) is 0 Å². The molecule has 1 amide bonds. The Bertz CT molecular complexity index is 441. The van der Waals surface area contributed by atoms with Crippen molar-refractivity contribution in [3.8, 4) is 5.75 Å². The standard InChI is InChI=1S/C11H14Cl2N2O3/c1-6(18-11(14)16)3-4-7-8(17-2)5-9(12)15-10(7)13/h5-6H,3-4H2,1-2H3,(H2,14,16). The number of aromatic nitrogens is 1. The summed E-state index contributed by atoms with van der Waals surface area (Å²) in [5, 5.41) is 0.549. The topological polar surface area (TPSA) is 74.4 Å². The fourth-order valence-electron chi connectivity index (χ4n) is 1.50. The molecule has 0 spiro atoms. The first-order chi connectivity index (χ1) is 8.43. The molecule has 7 heteroatoms. The second-order valence-electron chi connectivity index (χ2n) is 3.70. The maximum atomic E-state index is 10.6. The third-order valence-electron chi connectivity index (χ3n) is 2.34. The number of methoxy groups -OCH3 is 1. The van der Waals surface area contributed by atoms with E-state index in [0.29, 0.717) is 18.6 Å². The highest BCUT2D eigenvalue weighted by Crippen LogP contribution is 2.29. The predicted octanol–water partition coefficient (Wildman–Crippen LogP) is 2.81. The molecule has 2 N–H and O–H groups in total. The quantitative estimate of drug-likeness (QED) is 0.847. The molecule has 1 aromatic heterocycles. The van der Waals surface area contributed by atoms with E-state index in [-0.39, 0.29) is 16.4 Å². The van der Waals surface area contributed by atoms with Gasteiger partial charge in [0.05, 0.1) is 7.11 Å². The number of carbonyl (C=O) groups excluding carboxylic acids is 1. The van der Waals surface area contributed by atoms with Crippen LogP contribution < -0.4 is 10.5 Å². The van der Waals surface area contributed by atoms with Gasteiger partial charge in [0.2, 0.25) is 0 Å². The highest BCUT2D eigenvalue weighted by Gasteiger charge is 2.14. The van der Waals surface area contributed by atoms with Gasteiger partial charge in [-0.05, 0) is 19.8 Å². The number of nitrogens with two attached hydrogens (primary N) is 1. The fraction of sp³-hybridized carbons (Fsp3) is 0.455. The van der Waals surface area contributed by atoms with E-state index in [1.807, 2.05) is 0 Å². The molecule has 100 valence electrons. The summed E-state index contributed by atoms with van der Waals surface area (Å²) in [6, 6.07) is 1.59. The molecule has 1 rings (SSSR count). The number of halogens is 2. The number of pyridine rings is 1. The molecule has 18 heavy (non-hydrogen) atoms. The summed E-state index contributed by atoms with van der Waals surface area (Å²) in [6.45, 7) is 1.74. The van der Waals surface area contributed by atoms with Crippen LogP contribution in [-0.4, -0.2) is 24.3 Å². The van der Waals surface area contributed by atoms with Gasteiger partial charge in [-0.15, -0.1) is 0 Å². The molecule has 0 saturated carbocycles. The average molecular weight is 293 g/mol. The van der Waals surface area contributed by atoms with Gasteiger partial charge in [0.15, 0.2) is 0 Å². The number of ether oxygens (including phenoxy) is 2. The third kappa shape index (κ3) is 4.23. The van der Waals surface area contributed by atoms with Gasteiger partial charge >= 0.3 is 6.09 Å². The number of hydrogen-bond acceptors (Lipinski definition) is 4. The van der Waals surface area contributed by atoms with Crippen molar-refractivity contribution in [3.63, 3.8) is 0 Å². The third-order valence-corrected chi connectivity index (χ3v) is 2.85. The van der Waals surface area contributed by atoms with E-state index in [1.165, 1.54) is 7.11 Å². The van der Waals surface area contributed by atoms with Crippen LogP contribution in [0.1, 0.15) is 18.9 Å². The maximum Gasteiger partial charge on any atom is 0.404 e. The Morgan fingerprint density at radius 1 is 1.56 bits per heavy atom. The van der Waals surface area contributed by atoms with Crippen LogP contribution >= 0.6 is 23.2 Å². The van der Waals surface area contributed by atoms with Crippen molar-refractivity contribution in [2.45, 2.75) is 25.9 Å². The molecule has 0 bridgehead atoms. The molecular formula is C11H14Cl2N2O3. The molecule has 1 aromatic rings. The van der Waals surface area contributed by atoms with Gasteiger partial charge in [-0.1, -0.05) is 23.2 Å². The minimum Gasteiger partial charge on any atom is -0.496 e. The number of amides is 1. The van der Waals surface area contributed by atoms with Crippen LogP contribution in [0.2, 0.25) is 10.3 Å². The van der Waals surface area contributed by atoms with Gasteiger partial charge in [0.1, 0.15) is 22.2 Å². The monoisotopic (exact) mass is 292 g/mol. The Morgan fingerprint density at radius 2 is 2.22 bits per heavy atom. The first-order valence-corrected chi connectivity index (χ1v) is 6.04. The molecule has 1 atom stereocenters. The molecular weight excluding hydrogens is 279 g/mol. The van der Waals surface area contributed by atoms with E-state index in [4.69, 9.17) is 38.4 Å². The van der Waals surface area contributed by atoms with E-state index >= 15 is 0 Å². The first-order valence-electron chi connectivity index (χ1n) is 5.29. The SMILES string of the molecule is COc1cc(Cl)nc(Cl)c1CCC(C)OC(N)=O. The molecule has 0 aliphatic heterocycles. The van der Waals surface area contributed by atoms with E-state index in [9.17, 15) is 4.79 Å². The van der Waals surface area contributed by atoms with Gasteiger partial charge < -0.3 is 15.2 Å². The van der Waals surface area contributed by atoms with Crippen molar-refractivity contribution in [2.24, 2.45) is 5.73 Å². The van der Waals surface area contributed by atoms with Gasteiger partial charge in [0, 0.05) is 11.6 Å². The van der Waals surface area contributed by atoms with Crippen LogP contribution in [0.4, 0.5) is 4.79 Å². The first kappa shape index (κ1) is 14.9. The van der Waals surface area contributed by atoms with E-state index < -0.39 is 6.09 Å². The van der Waals surface area contributed by atoms with Gasteiger partial charge in [-0.2, -0.15) is 0 Å². The maximum absolute atomic E-state index is 10.6. The number of rotatable bonds is 5. The molecule has 0 aliphatic carbocycles. The summed E-state index contributed by atoms with van der Waals surface area (Å²) in [5.41, 5.74) is 5.65. The Hall–Kier alpha value is -1.20. The normalized spacial score (nSPS) is 12.0. The van der Waals surface area contributed by atoms with Gasteiger partial charge in [-0.25, -0.2) is 9.78 Å². The predicted molar refractivity (Wildman–Crippen MR) is 69.3 cm³/mol. The lowest BCUT2D eigenvalue weighted by Gasteiger charge is -2.14. The van der Waals surface area contributed by atoms with Gasteiger partial charge in [-0.3, -0.25) is 0 Å². The lowest BCUT2D eigenvalue weighted by Crippen LogP contribution is -2.20. The minimum atomic E-state index is -0.796. The summed E-state index contributed by atoms with van der Waals surface area (Å²) < 4.78 is 10.00. The molecule has 1 unspecified atom stereocenters.